The number of hydroxylamine groups is 1. The third-order valence-electron chi connectivity index (χ3n) is 4.11. The van der Waals surface area contributed by atoms with Crippen molar-refractivity contribution in [1.29, 1.82) is 0 Å². The molecule has 146 valence electrons. The summed E-state index contributed by atoms with van der Waals surface area (Å²) in [6.07, 6.45) is 10.3. The quantitative estimate of drug-likeness (QED) is 0.231. The van der Waals surface area contributed by atoms with Gasteiger partial charge in [0, 0.05) is 16.8 Å². The average Bonchev–Trinajstić information content (AvgIpc) is 3.12. The monoisotopic (exact) mass is 396 g/mol. The molecule has 0 unspecified atom stereocenters. The van der Waals surface area contributed by atoms with E-state index < -0.39 is 5.91 Å². The standard InChI is InChI=1S/C22H24N2O3S/c1-3-5-6-7-9-16(4-2)10-8-11-21(25)23-18-12-13-19-17(14-18)15-20(28-19)22(26)24-27/h3,5,7,9,12-15,27H,1,4,8,10-11H2,2H3,(H,23,25)(H,24,26)/b16-9+. The largest absolute Gasteiger partial charge is 0.326 e. The normalized spacial score (nSPS) is 10.9. The number of hydrogen-bond acceptors (Lipinski definition) is 4. The Bertz CT molecular complexity index is 950. The Morgan fingerprint density at radius 1 is 1.25 bits per heavy atom. The lowest BCUT2D eigenvalue weighted by molar-refractivity contribution is -0.116. The van der Waals surface area contributed by atoms with Crippen molar-refractivity contribution in [3.63, 3.8) is 0 Å². The number of fused-ring (bicyclic) bond motifs is 1. The van der Waals surface area contributed by atoms with Crippen molar-refractivity contribution < 1.29 is 14.8 Å². The second-order valence-corrected chi connectivity index (χ2v) is 7.20. The molecule has 28 heavy (non-hydrogen) atoms. The molecule has 0 aliphatic heterocycles. The second kappa shape index (κ2) is 11.0. The van der Waals surface area contributed by atoms with Crippen LogP contribution >= 0.6 is 11.3 Å². The zero-order valence-corrected chi connectivity index (χ0v) is 16.6. The minimum Gasteiger partial charge on any atom is -0.326 e. The van der Waals surface area contributed by atoms with Crippen molar-refractivity contribution in [2.45, 2.75) is 32.6 Å². The second-order valence-electron chi connectivity index (χ2n) is 6.12. The molecule has 2 aromatic rings. The molecule has 0 saturated heterocycles. The SMILES string of the molecule is C=CC=C=C/C=C(\CC)CCCC(=O)Nc1ccc2sc(C(=O)NO)cc2c1. The number of carbonyl (C=O) groups is 2. The van der Waals surface area contributed by atoms with E-state index in [1.54, 1.807) is 23.7 Å². The lowest BCUT2D eigenvalue weighted by Crippen LogP contribution is -2.16. The molecule has 1 aromatic heterocycles. The van der Waals surface area contributed by atoms with Crippen LogP contribution in [0.3, 0.4) is 0 Å². The fourth-order valence-electron chi connectivity index (χ4n) is 2.66. The highest BCUT2D eigenvalue weighted by Gasteiger charge is 2.10. The van der Waals surface area contributed by atoms with E-state index >= 15 is 0 Å². The Hall–Kier alpha value is -2.92. The molecule has 0 radical (unpaired) electrons. The highest BCUT2D eigenvalue weighted by molar-refractivity contribution is 7.20. The number of rotatable bonds is 9. The highest BCUT2D eigenvalue weighted by atomic mass is 32.1. The van der Waals surface area contributed by atoms with Gasteiger partial charge in [0.25, 0.3) is 5.91 Å². The summed E-state index contributed by atoms with van der Waals surface area (Å²) in [6.45, 7) is 5.70. The van der Waals surface area contributed by atoms with Crippen LogP contribution in [-0.4, -0.2) is 17.0 Å². The molecular formula is C22H24N2O3S. The first kappa shape index (κ1) is 21.4. The summed E-state index contributed by atoms with van der Waals surface area (Å²) >= 11 is 1.28. The fraction of sp³-hybridized carbons (Fsp3) is 0.227. The summed E-state index contributed by atoms with van der Waals surface area (Å²) in [7, 11) is 0. The van der Waals surface area contributed by atoms with Gasteiger partial charge in [-0.2, -0.15) is 0 Å². The number of hydrogen-bond donors (Lipinski definition) is 3. The lowest BCUT2D eigenvalue weighted by atomic mass is 10.1. The van der Waals surface area contributed by atoms with Crippen LogP contribution in [0.2, 0.25) is 0 Å². The lowest BCUT2D eigenvalue weighted by Gasteiger charge is -2.06. The van der Waals surface area contributed by atoms with Crippen molar-refractivity contribution in [3.8, 4) is 0 Å². The first-order chi connectivity index (χ1) is 13.6. The van der Waals surface area contributed by atoms with E-state index in [1.807, 2.05) is 30.4 Å². The highest BCUT2D eigenvalue weighted by Crippen LogP contribution is 2.28. The molecule has 0 fully saturated rings. The van der Waals surface area contributed by atoms with Crippen molar-refractivity contribution >= 4 is 38.9 Å². The maximum atomic E-state index is 12.2. The maximum absolute atomic E-state index is 12.2. The van der Waals surface area contributed by atoms with Gasteiger partial charge in [0.15, 0.2) is 0 Å². The number of thiophene rings is 1. The van der Waals surface area contributed by atoms with Gasteiger partial charge in [-0.25, -0.2) is 5.48 Å². The van der Waals surface area contributed by atoms with E-state index in [1.165, 1.54) is 16.9 Å². The molecule has 0 aliphatic carbocycles. The van der Waals surface area contributed by atoms with Gasteiger partial charge in [-0.15, -0.1) is 17.1 Å². The topological polar surface area (TPSA) is 78.4 Å². The Labute approximate surface area is 168 Å². The molecule has 3 N–H and O–H groups in total. The summed E-state index contributed by atoms with van der Waals surface area (Å²) in [6, 6.07) is 7.18. The Morgan fingerprint density at radius 2 is 2.07 bits per heavy atom. The van der Waals surface area contributed by atoms with E-state index in [2.05, 4.69) is 24.6 Å². The molecule has 0 bridgehead atoms. The number of carbonyl (C=O) groups excluding carboxylic acids is 2. The van der Waals surface area contributed by atoms with Crippen molar-refractivity contribution in [2.24, 2.45) is 0 Å². The minimum atomic E-state index is -0.540. The smallest absolute Gasteiger partial charge is 0.284 e. The molecule has 5 nitrogen and oxygen atoms in total. The number of benzene rings is 1. The first-order valence-electron chi connectivity index (χ1n) is 9.06. The van der Waals surface area contributed by atoms with Gasteiger partial charge in [-0.05, 0) is 61.1 Å². The van der Waals surface area contributed by atoms with Gasteiger partial charge in [0.1, 0.15) is 0 Å². The van der Waals surface area contributed by atoms with E-state index in [9.17, 15) is 9.59 Å². The Morgan fingerprint density at radius 3 is 2.79 bits per heavy atom. The summed E-state index contributed by atoms with van der Waals surface area (Å²) in [4.78, 5) is 24.1. The van der Waals surface area contributed by atoms with Crippen LogP contribution < -0.4 is 10.8 Å². The molecule has 1 aromatic carbocycles. The number of nitrogens with one attached hydrogen (secondary N) is 2. The summed E-state index contributed by atoms with van der Waals surface area (Å²) < 4.78 is 0.910. The molecule has 2 amide bonds. The molecule has 6 heteroatoms. The van der Waals surface area contributed by atoms with Crippen LogP contribution in [0.15, 0.2) is 66.5 Å². The summed E-state index contributed by atoms with van der Waals surface area (Å²) in [5, 5.41) is 12.5. The van der Waals surface area contributed by atoms with Gasteiger partial charge in [0.05, 0.1) is 4.88 Å². The van der Waals surface area contributed by atoms with Gasteiger partial charge < -0.3 is 5.32 Å². The summed E-state index contributed by atoms with van der Waals surface area (Å²) in [5.41, 5.74) is 6.59. The third kappa shape index (κ3) is 6.35. The number of amides is 2. The number of allylic oxidation sites excluding steroid dienone is 4. The zero-order valence-electron chi connectivity index (χ0n) is 15.8. The van der Waals surface area contributed by atoms with E-state index in [0.717, 1.165) is 29.3 Å². The van der Waals surface area contributed by atoms with Crippen LogP contribution in [0.5, 0.6) is 0 Å². The maximum Gasteiger partial charge on any atom is 0.284 e. The van der Waals surface area contributed by atoms with Crippen molar-refractivity contribution in [3.05, 3.63) is 71.3 Å². The van der Waals surface area contributed by atoms with Gasteiger partial charge in [-0.1, -0.05) is 31.2 Å². The van der Waals surface area contributed by atoms with Crippen LogP contribution in [0.1, 0.15) is 42.3 Å². The predicted molar refractivity (Wildman–Crippen MR) is 115 cm³/mol. The molecular weight excluding hydrogens is 372 g/mol. The molecule has 0 aliphatic rings. The van der Waals surface area contributed by atoms with E-state index in [4.69, 9.17) is 5.21 Å². The molecule has 0 atom stereocenters. The van der Waals surface area contributed by atoms with Crippen LogP contribution in [-0.2, 0) is 4.79 Å². The van der Waals surface area contributed by atoms with Gasteiger partial charge >= 0.3 is 0 Å². The zero-order chi connectivity index (χ0) is 20.4. The number of anilines is 1. The van der Waals surface area contributed by atoms with Gasteiger partial charge in [0.2, 0.25) is 5.91 Å². The van der Waals surface area contributed by atoms with Crippen LogP contribution in [0.25, 0.3) is 10.1 Å². The molecule has 0 spiro atoms. The Kier molecular flexibility index (Phi) is 8.43. The Balaban J connectivity index is 1.91. The molecule has 1 heterocycles. The minimum absolute atomic E-state index is 0.0412. The van der Waals surface area contributed by atoms with E-state index in [0.29, 0.717) is 17.0 Å². The van der Waals surface area contributed by atoms with Crippen LogP contribution in [0, 0.1) is 0 Å². The predicted octanol–water partition coefficient (Wildman–Crippen LogP) is 5.36. The third-order valence-corrected chi connectivity index (χ3v) is 5.23. The van der Waals surface area contributed by atoms with Gasteiger partial charge in [-0.3, -0.25) is 14.8 Å². The summed E-state index contributed by atoms with van der Waals surface area (Å²) in [5.74, 6) is -0.582. The molecule has 0 saturated carbocycles. The van der Waals surface area contributed by atoms with Crippen LogP contribution in [0.4, 0.5) is 5.69 Å². The first-order valence-corrected chi connectivity index (χ1v) is 9.88. The van der Waals surface area contributed by atoms with Crippen molar-refractivity contribution in [1.82, 2.24) is 5.48 Å². The van der Waals surface area contributed by atoms with Crippen molar-refractivity contribution in [2.75, 3.05) is 5.32 Å². The fourth-order valence-corrected chi connectivity index (χ4v) is 3.59. The average molecular weight is 397 g/mol. The molecule has 2 rings (SSSR count). The van der Waals surface area contributed by atoms with E-state index in [-0.39, 0.29) is 5.91 Å².